The van der Waals surface area contributed by atoms with E-state index >= 15 is 0 Å². The summed E-state index contributed by atoms with van der Waals surface area (Å²) in [6, 6.07) is 10.9. The molecule has 35 heavy (non-hydrogen) atoms. The van der Waals surface area contributed by atoms with E-state index in [2.05, 4.69) is 0 Å². The summed E-state index contributed by atoms with van der Waals surface area (Å²) < 4.78 is 21.6. The van der Waals surface area contributed by atoms with Gasteiger partial charge in [-0.15, -0.1) is 0 Å². The number of carboxylic acids is 1. The zero-order valence-electron chi connectivity index (χ0n) is 20.7. The number of aryl methyl sites for hydroxylation is 1. The van der Waals surface area contributed by atoms with E-state index in [0.717, 1.165) is 10.9 Å². The molecule has 2 aliphatic rings. The van der Waals surface area contributed by atoms with Gasteiger partial charge in [0.15, 0.2) is 0 Å². The topological polar surface area (TPSA) is 117 Å². The number of carbonyl (C=O) groups is 2. The molecular formula is C26H32N2O6P-. The first-order valence-electron chi connectivity index (χ1n) is 11.7. The lowest BCUT2D eigenvalue weighted by atomic mass is 10.1. The Morgan fingerprint density at radius 1 is 1.06 bits per heavy atom. The van der Waals surface area contributed by atoms with Gasteiger partial charge in [-0.05, 0) is 43.9 Å². The number of fused-ring (bicyclic) bond motifs is 2. The number of rotatable bonds is 10. The minimum Gasteiger partial charge on any atom is -0.796 e. The SMILES string of the molecule is Cc1ccc2c(P(=O)([O-])CCC(=O)N(C)CCCCCC(=O)[O-])c3ccc(=[N+](C)C)cc-3oc2c1. The number of aliphatic carboxylic acids is 1. The molecule has 1 aliphatic carbocycles. The van der Waals surface area contributed by atoms with Gasteiger partial charge in [0, 0.05) is 61.8 Å². The average Bonchev–Trinajstić information content (AvgIpc) is 2.79. The quantitative estimate of drug-likeness (QED) is 0.180. The third-order valence-electron chi connectivity index (χ3n) is 6.11. The summed E-state index contributed by atoms with van der Waals surface area (Å²) in [5.41, 5.74) is 1.94. The van der Waals surface area contributed by atoms with Crippen molar-refractivity contribution < 1.29 is 28.6 Å². The molecule has 0 spiro atoms. The first kappa shape index (κ1) is 26.6. The standard InChI is InChI=1S/C26H33N2O6P/c1-18-9-11-20-22(16-18)34-23-17-19(27(2)3)10-12-21(23)26(20)35(32,33)15-13-24(29)28(4)14-7-5-6-8-25(30)31/h9-12,16-17H,5-8,13-15H2,1-4H3,(H-,30,31,32,33)/p-1. The maximum Gasteiger partial charge on any atom is 0.222 e. The van der Waals surface area contributed by atoms with Gasteiger partial charge >= 0.3 is 0 Å². The van der Waals surface area contributed by atoms with Crippen molar-refractivity contribution in [1.82, 2.24) is 9.48 Å². The Morgan fingerprint density at radius 3 is 2.49 bits per heavy atom. The van der Waals surface area contributed by atoms with E-state index in [-0.39, 0.29) is 30.2 Å². The number of carboxylic acid groups (broad SMARTS) is 1. The van der Waals surface area contributed by atoms with Gasteiger partial charge in [-0.25, -0.2) is 4.58 Å². The molecule has 9 heteroatoms. The maximum atomic E-state index is 13.6. The first-order chi connectivity index (χ1) is 16.5. The van der Waals surface area contributed by atoms with Crippen molar-refractivity contribution in [2.24, 2.45) is 0 Å². The number of hydrogen-bond acceptors (Lipinski definition) is 6. The predicted molar refractivity (Wildman–Crippen MR) is 133 cm³/mol. The summed E-state index contributed by atoms with van der Waals surface area (Å²) in [7, 11) is 1.26. The van der Waals surface area contributed by atoms with E-state index in [1.54, 1.807) is 19.2 Å². The second-order valence-corrected chi connectivity index (χ2v) is 11.4. The van der Waals surface area contributed by atoms with E-state index in [4.69, 9.17) is 4.42 Å². The summed E-state index contributed by atoms with van der Waals surface area (Å²) in [6.07, 6.45) is 1.37. The molecular weight excluding hydrogens is 467 g/mol. The zero-order valence-corrected chi connectivity index (χ0v) is 21.6. The highest BCUT2D eigenvalue weighted by molar-refractivity contribution is 7.65. The molecule has 0 radical (unpaired) electrons. The van der Waals surface area contributed by atoms with Gasteiger partial charge in [0.25, 0.3) is 0 Å². The van der Waals surface area contributed by atoms with Crippen molar-refractivity contribution in [2.45, 2.75) is 39.0 Å². The lowest BCUT2D eigenvalue weighted by Gasteiger charge is -2.29. The third kappa shape index (κ3) is 6.59. The van der Waals surface area contributed by atoms with Crippen molar-refractivity contribution in [1.29, 1.82) is 0 Å². The van der Waals surface area contributed by atoms with Gasteiger partial charge in [0.1, 0.15) is 25.4 Å². The van der Waals surface area contributed by atoms with E-state index in [1.807, 2.05) is 49.9 Å². The fourth-order valence-electron chi connectivity index (χ4n) is 4.07. The van der Waals surface area contributed by atoms with Crippen molar-refractivity contribution >= 4 is 35.5 Å². The second kappa shape index (κ2) is 11.2. The molecule has 3 rings (SSSR count). The molecule has 0 N–H and O–H groups in total. The molecule has 1 atom stereocenters. The van der Waals surface area contributed by atoms with E-state index in [0.29, 0.717) is 48.1 Å². The highest BCUT2D eigenvalue weighted by atomic mass is 31.2. The van der Waals surface area contributed by atoms with Crippen molar-refractivity contribution in [3.63, 3.8) is 0 Å². The maximum absolute atomic E-state index is 13.6. The van der Waals surface area contributed by atoms with Crippen molar-refractivity contribution in [2.75, 3.05) is 33.8 Å². The fourth-order valence-corrected chi connectivity index (χ4v) is 5.89. The van der Waals surface area contributed by atoms with Crippen LogP contribution in [0.4, 0.5) is 0 Å². The molecule has 0 saturated carbocycles. The molecule has 1 unspecified atom stereocenters. The first-order valence-corrected chi connectivity index (χ1v) is 13.5. The van der Waals surface area contributed by atoms with E-state index < -0.39 is 13.3 Å². The second-order valence-electron chi connectivity index (χ2n) is 9.17. The smallest absolute Gasteiger partial charge is 0.222 e. The molecule has 0 bridgehead atoms. The molecule has 0 fully saturated rings. The van der Waals surface area contributed by atoms with E-state index in [9.17, 15) is 24.2 Å². The van der Waals surface area contributed by atoms with Crippen LogP contribution in [0.5, 0.6) is 0 Å². The normalized spacial score (nSPS) is 13.1. The highest BCUT2D eigenvalue weighted by Crippen LogP contribution is 2.43. The van der Waals surface area contributed by atoms with Crippen molar-refractivity contribution in [3.8, 4) is 11.3 Å². The molecule has 0 saturated heterocycles. The molecule has 0 aromatic heterocycles. The Bertz CT molecular complexity index is 1330. The molecule has 1 aromatic carbocycles. The summed E-state index contributed by atoms with van der Waals surface area (Å²) in [5, 5.41) is 12.1. The van der Waals surface area contributed by atoms with Crippen LogP contribution < -0.4 is 25.2 Å². The molecule has 1 aliphatic heterocycles. The van der Waals surface area contributed by atoms with Crippen LogP contribution in [-0.4, -0.2) is 50.6 Å². The number of carbonyl (C=O) groups excluding carboxylic acids is 2. The van der Waals surface area contributed by atoms with Crippen molar-refractivity contribution in [3.05, 3.63) is 47.3 Å². The molecule has 188 valence electrons. The van der Waals surface area contributed by atoms with Gasteiger partial charge in [-0.3, -0.25) is 4.79 Å². The summed E-state index contributed by atoms with van der Waals surface area (Å²) >= 11 is 0. The van der Waals surface area contributed by atoms with Crippen LogP contribution in [0.15, 0.2) is 40.8 Å². The Labute approximate surface area is 205 Å². The lowest BCUT2D eigenvalue weighted by molar-refractivity contribution is -0.305. The summed E-state index contributed by atoms with van der Waals surface area (Å²) in [5.74, 6) is -0.871. The van der Waals surface area contributed by atoms with Gasteiger partial charge in [-0.2, -0.15) is 0 Å². The van der Waals surface area contributed by atoms with Crippen LogP contribution in [0.25, 0.3) is 22.3 Å². The molecule has 8 nitrogen and oxygen atoms in total. The highest BCUT2D eigenvalue weighted by Gasteiger charge is 2.25. The summed E-state index contributed by atoms with van der Waals surface area (Å²) in [6.45, 7) is 2.36. The van der Waals surface area contributed by atoms with Gasteiger partial charge in [0.2, 0.25) is 11.3 Å². The molecule has 1 heterocycles. The third-order valence-corrected chi connectivity index (χ3v) is 8.09. The Kier molecular flexibility index (Phi) is 8.51. The van der Waals surface area contributed by atoms with Gasteiger partial charge in [-0.1, -0.05) is 18.6 Å². The Hall–Kier alpha value is -2.96. The number of unbranched alkanes of at least 4 members (excludes halogenated alkanes) is 2. The van der Waals surface area contributed by atoms with Crippen LogP contribution in [-0.2, 0) is 14.2 Å². The van der Waals surface area contributed by atoms with Gasteiger partial charge in [0.05, 0.1) is 6.07 Å². The summed E-state index contributed by atoms with van der Waals surface area (Å²) in [4.78, 5) is 38.2. The number of nitrogens with zero attached hydrogens (tertiary/aromatic N) is 2. The minimum atomic E-state index is -4.17. The van der Waals surface area contributed by atoms with Crippen LogP contribution in [0, 0.1) is 6.92 Å². The number of benzene rings is 2. The number of amides is 1. The monoisotopic (exact) mass is 499 g/mol. The zero-order chi connectivity index (χ0) is 25.8. The Morgan fingerprint density at radius 2 is 1.80 bits per heavy atom. The van der Waals surface area contributed by atoms with Crippen LogP contribution in [0.2, 0.25) is 0 Å². The van der Waals surface area contributed by atoms with E-state index in [1.165, 1.54) is 4.90 Å². The van der Waals surface area contributed by atoms with Gasteiger partial charge < -0.3 is 28.7 Å². The van der Waals surface area contributed by atoms with Crippen LogP contribution >= 0.6 is 7.37 Å². The largest absolute Gasteiger partial charge is 0.796 e. The van der Waals surface area contributed by atoms with Crippen LogP contribution in [0.1, 0.15) is 37.7 Å². The average molecular weight is 500 g/mol. The minimum absolute atomic E-state index is 0.00212. The Balaban J connectivity index is 1.85. The fraction of sp³-hybridized carbons (Fsp3) is 0.423. The lowest BCUT2D eigenvalue weighted by Crippen LogP contribution is -2.30. The van der Waals surface area contributed by atoms with Crippen LogP contribution in [0.3, 0.4) is 0 Å². The predicted octanol–water partition coefficient (Wildman–Crippen LogP) is 1.30. The number of hydrogen-bond donors (Lipinski definition) is 0. The molecule has 1 amide bonds. The molecule has 1 aromatic rings.